The minimum atomic E-state index is -0.996. The number of alkyl carbamates (subject to hydrolysis) is 1. The third-order valence-electron chi connectivity index (χ3n) is 3.88. The van der Waals surface area contributed by atoms with Gasteiger partial charge in [-0.25, -0.2) is 4.79 Å². The van der Waals surface area contributed by atoms with Crippen molar-refractivity contribution in [3.8, 4) is 12.5 Å². The number of amides is 3. The molecule has 7 nitrogen and oxygen atoms in total. The molecule has 0 heterocycles. The number of hydrogen-bond acceptors (Lipinski definition) is 4. The van der Waals surface area contributed by atoms with Crippen LogP contribution in [0.5, 0.6) is 0 Å². The molecule has 1 rings (SSSR count). The fraction of sp³-hybridized carbons (Fsp3) is 0.500. The Morgan fingerprint density at radius 2 is 1.93 bits per heavy atom. The maximum atomic E-state index is 12.8. The molecule has 0 fully saturated rings. The molecule has 29 heavy (non-hydrogen) atoms. The predicted molar refractivity (Wildman–Crippen MR) is 112 cm³/mol. The van der Waals surface area contributed by atoms with Crippen molar-refractivity contribution < 1.29 is 19.1 Å². The summed E-state index contributed by atoms with van der Waals surface area (Å²) in [7, 11) is 0. The van der Waals surface area contributed by atoms with Gasteiger partial charge in [0.25, 0.3) is 5.91 Å². The first-order valence-corrected chi connectivity index (χ1v) is 9.68. The highest BCUT2D eigenvalue weighted by atomic mass is 16.6. The lowest BCUT2D eigenvalue weighted by molar-refractivity contribution is -0.136. The smallest absolute Gasteiger partial charge is 0.408 e. The van der Waals surface area contributed by atoms with Crippen LogP contribution in [0.3, 0.4) is 0 Å². The fourth-order valence-electron chi connectivity index (χ4n) is 2.58. The molecule has 0 aliphatic rings. The number of carbonyl (C=O) groups excluding carboxylic acids is 3. The van der Waals surface area contributed by atoms with E-state index in [1.54, 1.807) is 32.9 Å². The zero-order valence-corrected chi connectivity index (χ0v) is 17.9. The highest BCUT2D eigenvalue weighted by molar-refractivity contribution is 5.91. The number of aryl methyl sites for hydroxylation is 1. The van der Waals surface area contributed by atoms with Crippen LogP contribution >= 0.6 is 0 Å². The first kappa shape index (κ1) is 24.0. The molecule has 1 aromatic carbocycles. The number of rotatable bonds is 8. The fourth-order valence-corrected chi connectivity index (χ4v) is 2.58. The van der Waals surface area contributed by atoms with Crippen LogP contribution < -0.4 is 10.6 Å². The van der Waals surface area contributed by atoms with Crippen molar-refractivity contribution in [2.45, 2.75) is 59.1 Å². The second kappa shape index (κ2) is 11.1. The minimum Gasteiger partial charge on any atom is -0.444 e. The van der Waals surface area contributed by atoms with Crippen molar-refractivity contribution in [3.63, 3.8) is 0 Å². The average molecular weight is 402 g/mol. The SMILES string of the molecule is C#CN(C(=O)CNC(=O)OC(C)(C)C)C(C(=O)NCCCC)c1cccc(C)c1. The van der Waals surface area contributed by atoms with E-state index < -0.39 is 23.6 Å². The summed E-state index contributed by atoms with van der Waals surface area (Å²) in [6.07, 6.45) is 6.59. The second-order valence-corrected chi connectivity index (χ2v) is 7.71. The van der Waals surface area contributed by atoms with Gasteiger partial charge in [-0.15, -0.1) is 0 Å². The Balaban J connectivity index is 3.01. The second-order valence-electron chi connectivity index (χ2n) is 7.71. The minimum absolute atomic E-state index is 0.368. The number of nitrogens with one attached hydrogen (secondary N) is 2. The molecular weight excluding hydrogens is 370 g/mol. The van der Waals surface area contributed by atoms with E-state index in [1.807, 2.05) is 26.0 Å². The van der Waals surface area contributed by atoms with E-state index in [-0.39, 0.29) is 12.5 Å². The van der Waals surface area contributed by atoms with Crippen LogP contribution in [0.4, 0.5) is 4.79 Å². The summed E-state index contributed by atoms with van der Waals surface area (Å²) in [5.74, 6) is -0.955. The largest absolute Gasteiger partial charge is 0.444 e. The lowest BCUT2D eigenvalue weighted by Gasteiger charge is -2.27. The summed E-state index contributed by atoms with van der Waals surface area (Å²) in [5, 5.41) is 5.21. The van der Waals surface area contributed by atoms with Crippen molar-refractivity contribution >= 4 is 17.9 Å². The van der Waals surface area contributed by atoms with Gasteiger partial charge in [-0.3, -0.25) is 14.5 Å². The molecule has 7 heteroatoms. The maximum absolute atomic E-state index is 12.8. The van der Waals surface area contributed by atoms with Crippen molar-refractivity contribution in [3.05, 3.63) is 35.4 Å². The van der Waals surface area contributed by atoms with Crippen LogP contribution in [0, 0.1) is 19.4 Å². The van der Waals surface area contributed by atoms with E-state index in [1.165, 1.54) is 0 Å². The van der Waals surface area contributed by atoms with Gasteiger partial charge >= 0.3 is 6.09 Å². The first-order chi connectivity index (χ1) is 13.6. The molecule has 0 aromatic heterocycles. The van der Waals surface area contributed by atoms with E-state index in [0.29, 0.717) is 12.1 Å². The van der Waals surface area contributed by atoms with Gasteiger partial charge in [0, 0.05) is 12.6 Å². The maximum Gasteiger partial charge on any atom is 0.408 e. The normalized spacial score (nSPS) is 11.7. The lowest BCUT2D eigenvalue weighted by Crippen LogP contribution is -2.46. The van der Waals surface area contributed by atoms with E-state index in [2.05, 4.69) is 16.7 Å². The quantitative estimate of drug-likeness (QED) is 0.398. The van der Waals surface area contributed by atoms with Gasteiger partial charge in [0.2, 0.25) is 5.91 Å². The Kier molecular flexibility index (Phi) is 9.20. The molecule has 0 spiro atoms. The van der Waals surface area contributed by atoms with Crippen LogP contribution in [0.25, 0.3) is 0 Å². The molecule has 1 unspecified atom stereocenters. The molecule has 0 aliphatic heterocycles. The number of hydrogen-bond donors (Lipinski definition) is 2. The highest BCUT2D eigenvalue weighted by Gasteiger charge is 2.31. The number of ether oxygens (including phenoxy) is 1. The molecule has 2 N–H and O–H groups in total. The van der Waals surface area contributed by atoms with Crippen LogP contribution in [-0.4, -0.2) is 41.5 Å². The zero-order valence-electron chi connectivity index (χ0n) is 17.9. The number of nitrogens with zero attached hydrogens (tertiary/aromatic N) is 1. The Morgan fingerprint density at radius 1 is 1.24 bits per heavy atom. The Hall–Kier alpha value is -3.01. The zero-order chi connectivity index (χ0) is 22.0. The van der Waals surface area contributed by atoms with Gasteiger partial charge < -0.3 is 15.4 Å². The van der Waals surface area contributed by atoms with E-state index in [4.69, 9.17) is 11.2 Å². The summed E-state index contributed by atoms with van der Waals surface area (Å²) in [5.41, 5.74) is 0.843. The number of benzene rings is 1. The van der Waals surface area contributed by atoms with Crippen LogP contribution in [0.15, 0.2) is 24.3 Å². The number of carbonyl (C=O) groups is 3. The van der Waals surface area contributed by atoms with E-state index in [9.17, 15) is 14.4 Å². The molecule has 158 valence electrons. The van der Waals surface area contributed by atoms with Crippen molar-refractivity contribution in [1.82, 2.24) is 15.5 Å². The number of unbranched alkanes of at least 4 members (excludes halogenated alkanes) is 1. The van der Waals surface area contributed by atoms with E-state index >= 15 is 0 Å². The molecule has 0 radical (unpaired) electrons. The van der Waals surface area contributed by atoms with Gasteiger partial charge in [0.05, 0.1) is 0 Å². The highest BCUT2D eigenvalue weighted by Crippen LogP contribution is 2.22. The van der Waals surface area contributed by atoms with Crippen LogP contribution in [-0.2, 0) is 14.3 Å². The third-order valence-corrected chi connectivity index (χ3v) is 3.88. The van der Waals surface area contributed by atoms with Crippen LogP contribution in [0.1, 0.15) is 57.7 Å². The predicted octanol–water partition coefficient (Wildman–Crippen LogP) is 2.90. The molecule has 3 amide bonds. The summed E-state index contributed by atoms with van der Waals surface area (Å²) in [4.78, 5) is 38.4. The Morgan fingerprint density at radius 3 is 2.48 bits per heavy atom. The average Bonchev–Trinajstić information content (AvgIpc) is 2.62. The van der Waals surface area contributed by atoms with Gasteiger partial charge in [0.1, 0.15) is 18.2 Å². The van der Waals surface area contributed by atoms with Gasteiger partial charge in [-0.2, -0.15) is 0 Å². The van der Waals surface area contributed by atoms with Gasteiger partial charge in [0.15, 0.2) is 0 Å². The van der Waals surface area contributed by atoms with Gasteiger partial charge in [-0.05, 0) is 39.7 Å². The monoisotopic (exact) mass is 401 g/mol. The number of terminal acetylenes is 1. The molecule has 0 saturated carbocycles. The Labute approximate surface area is 173 Å². The van der Waals surface area contributed by atoms with Crippen molar-refractivity contribution in [1.29, 1.82) is 0 Å². The molecular formula is C22H31N3O4. The molecule has 1 aromatic rings. The lowest BCUT2D eigenvalue weighted by atomic mass is 10.0. The summed E-state index contributed by atoms with van der Waals surface area (Å²) >= 11 is 0. The molecule has 0 bridgehead atoms. The Bertz CT molecular complexity index is 762. The third kappa shape index (κ3) is 8.26. The first-order valence-electron chi connectivity index (χ1n) is 9.68. The summed E-state index contributed by atoms with van der Waals surface area (Å²) in [6, 6.07) is 8.54. The van der Waals surface area contributed by atoms with E-state index in [0.717, 1.165) is 23.3 Å². The van der Waals surface area contributed by atoms with Gasteiger partial charge in [-0.1, -0.05) is 49.6 Å². The summed E-state index contributed by atoms with van der Waals surface area (Å²) in [6.45, 7) is 9.17. The topological polar surface area (TPSA) is 87.7 Å². The summed E-state index contributed by atoms with van der Waals surface area (Å²) < 4.78 is 5.12. The molecule has 1 atom stereocenters. The van der Waals surface area contributed by atoms with Crippen LogP contribution in [0.2, 0.25) is 0 Å². The van der Waals surface area contributed by atoms with Crippen molar-refractivity contribution in [2.75, 3.05) is 13.1 Å². The van der Waals surface area contributed by atoms with Crippen molar-refractivity contribution in [2.24, 2.45) is 0 Å². The molecule has 0 aliphatic carbocycles. The standard InChI is InChI=1S/C22H31N3O4/c1-7-9-13-23-20(27)19(17-12-10-11-16(3)14-17)25(8-2)18(26)15-24-21(28)29-22(4,5)6/h2,10-12,14,19H,7,9,13,15H2,1,3-6H3,(H,23,27)(H,24,28). The molecule has 0 saturated heterocycles.